The fraction of sp³-hybridized carbons (Fsp3) is 0.389. The minimum Gasteiger partial charge on any atom is -0.469 e. The molecule has 0 aromatic carbocycles. The van der Waals surface area contributed by atoms with Gasteiger partial charge >= 0.3 is 0 Å². The molecule has 1 aliphatic carbocycles. The van der Waals surface area contributed by atoms with Gasteiger partial charge in [-0.25, -0.2) is 0 Å². The molecular weight excluding hydrogens is 306 g/mol. The molecule has 0 saturated heterocycles. The number of nitrogens with one attached hydrogen (secondary N) is 1. The van der Waals surface area contributed by atoms with Crippen LogP contribution in [0.5, 0.6) is 0 Å². The molecule has 0 unspecified atom stereocenters. The first-order valence-electron chi connectivity index (χ1n) is 8.17. The van der Waals surface area contributed by atoms with Crippen LogP contribution in [0.1, 0.15) is 41.1 Å². The predicted molar refractivity (Wildman–Crippen MR) is 88.2 cm³/mol. The quantitative estimate of drug-likeness (QED) is 0.846. The van der Waals surface area contributed by atoms with Gasteiger partial charge in [0.15, 0.2) is 0 Å². The van der Waals surface area contributed by atoms with Crippen molar-refractivity contribution in [3.63, 3.8) is 0 Å². The molecular formula is C18H21N3O3. The Morgan fingerprint density at radius 3 is 2.79 bits per heavy atom. The van der Waals surface area contributed by atoms with E-state index in [0.717, 1.165) is 18.5 Å². The van der Waals surface area contributed by atoms with Gasteiger partial charge in [0, 0.05) is 25.2 Å². The molecule has 2 heterocycles. The molecule has 0 atom stereocenters. The number of carbonyl (C=O) groups is 2. The lowest BCUT2D eigenvalue weighted by atomic mass is 10.2. The summed E-state index contributed by atoms with van der Waals surface area (Å²) in [7, 11) is 0. The molecule has 1 aliphatic rings. The highest BCUT2D eigenvalue weighted by Gasteiger charge is 2.34. The lowest BCUT2D eigenvalue weighted by Crippen LogP contribution is -2.37. The number of nitrogens with zero attached hydrogens (tertiary/aromatic N) is 2. The second-order valence-electron chi connectivity index (χ2n) is 5.97. The fourth-order valence-electron chi connectivity index (χ4n) is 2.60. The van der Waals surface area contributed by atoms with Gasteiger partial charge in [0.1, 0.15) is 5.76 Å². The molecule has 24 heavy (non-hydrogen) atoms. The van der Waals surface area contributed by atoms with Crippen LogP contribution in [0.25, 0.3) is 0 Å². The fourth-order valence-corrected chi connectivity index (χ4v) is 2.60. The van der Waals surface area contributed by atoms with Crippen LogP contribution in [0, 0.1) is 6.92 Å². The summed E-state index contributed by atoms with van der Waals surface area (Å²) in [6, 6.07) is 7.52. The summed E-state index contributed by atoms with van der Waals surface area (Å²) in [5, 5.41) is 2.84. The van der Waals surface area contributed by atoms with Gasteiger partial charge in [-0.1, -0.05) is 6.07 Å². The zero-order valence-corrected chi connectivity index (χ0v) is 13.7. The number of pyridine rings is 1. The Labute approximate surface area is 140 Å². The molecule has 0 spiro atoms. The zero-order chi connectivity index (χ0) is 16.9. The number of aromatic nitrogens is 1. The molecule has 0 bridgehead atoms. The lowest BCUT2D eigenvalue weighted by molar-refractivity contribution is -0.121. The van der Waals surface area contributed by atoms with Crippen LogP contribution in [0.2, 0.25) is 0 Å². The number of furan rings is 1. The van der Waals surface area contributed by atoms with Crippen molar-refractivity contribution in [2.24, 2.45) is 0 Å². The maximum absolute atomic E-state index is 12.6. The van der Waals surface area contributed by atoms with E-state index in [1.807, 2.05) is 18.2 Å². The van der Waals surface area contributed by atoms with Crippen molar-refractivity contribution in [3.8, 4) is 0 Å². The van der Waals surface area contributed by atoms with Gasteiger partial charge in [0.2, 0.25) is 5.91 Å². The van der Waals surface area contributed by atoms with Crippen molar-refractivity contribution in [3.05, 3.63) is 53.7 Å². The first-order valence-corrected chi connectivity index (χ1v) is 8.17. The van der Waals surface area contributed by atoms with E-state index >= 15 is 0 Å². The third-order valence-electron chi connectivity index (χ3n) is 4.11. The van der Waals surface area contributed by atoms with Crippen molar-refractivity contribution >= 4 is 11.8 Å². The van der Waals surface area contributed by atoms with E-state index in [9.17, 15) is 9.59 Å². The summed E-state index contributed by atoms with van der Waals surface area (Å²) in [6.07, 6.45) is 5.50. The van der Waals surface area contributed by atoms with E-state index in [2.05, 4.69) is 10.3 Å². The van der Waals surface area contributed by atoms with Gasteiger partial charge in [-0.2, -0.15) is 0 Å². The SMILES string of the molecule is Cc1occc1C(=O)N(CCC(=O)NCc1ccccn1)C1CC1. The molecule has 3 rings (SSSR count). The van der Waals surface area contributed by atoms with Crippen LogP contribution in [0.4, 0.5) is 0 Å². The Bertz CT molecular complexity index is 707. The lowest BCUT2D eigenvalue weighted by Gasteiger charge is -2.22. The van der Waals surface area contributed by atoms with Crippen molar-refractivity contribution in [1.29, 1.82) is 0 Å². The largest absolute Gasteiger partial charge is 0.469 e. The number of rotatable bonds is 7. The van der Waals surface area contributed by atoms with Gasteiger partial charge in [-0.3, -0.25) is 14.6 Å². The van der Waals surface area contributed by atoms with E-state index in [1.54, 1.807) is 24.1 Å². The third kappa shape index (κ3) is 4.01. The zero-order valence-electron chi connectivity index (χ0n) is 13.7. The Kier molecular flexibility index (Phi) is 4.93. The number of aryl methyl sites for hydroxylation is 1. The Balaban J connectivity index is 1.52. The van der Waals surface area contributed by atoms with E-state index in [4.69, 9.17) is 4.42 Å². The standard InChI is InChI=1S/C18H21N3O3/c1-13-16(8-11-24-13)18(23)21(15-5-6-15)10-7-17(22)20-12-14-4-2-3-9-19-14/h2-4,8-9,11,15H,5-7,10,12H2,1H3,(H,20,22). The van der Waals surface area contributed by atoms with Crippen molar-refractivity contribution in [2.45, 2.75) is 38.8 Å². The van der Waals surface area contributed by atoms with E-state index in [0.29, 0.717) is 24.4 Å². The van der Waals surface area contributed by atoms with Gasteiger partial charge in [0.05, 0.1) is 24.1 Å². The smallest absolute Gasteiger partial charge is 0.257 e. The molecule has 2 amide bonds. The third-order valence-corrected chi connectivity index (χ3v) is 4.11. The average molecular weight is 327 g/mol. The van der Waals surface area contributed by atoms with Crippen LogP contribution in [0.3, 0.4) is 0 Å². The number of amides is 2. The molecule has 0 aliphatic heterocycles. The van der Waals surface area contributed by atoms with Crippen LogP contribution < -0.4 is 5.32 Å². The minimum atomic E-state index is -0.0805. The molecule has 126 valence electrons. The highest BCUT2D eigenvalue weighted by molar-refractivity contribution is 5.95. The first kappa shape index (κ1) is 16.2. The summed E-state index contributed by atoms with van der Waals surface area (Å²) in [4.78, 5) is 30.6. The highest BCUT2D eigenvalue weighted by atomic mass is 16.3. The second kappa shape index (κ2) is 7.29. The van der Waals surface area contributed by atoms with Gasteiger partial charge < -0.3 is 14.6 Å². The molecule has 1 saturated carbocycles. The summed E-state index contributed by atoms with van der Waals surface area (Å²) >= 11 is 0. The summed E-state index contributed by atoms with van der Waals surface area (Å²) in [5.41, 5.74) is 1.39. The molecule has 2 aromatic rings. The Morgan fingerprint density at radius 2 is 2.17 bits per heavy atom. The normalized spacial score (nSPS) is 13.5. The maximum atomic E-state index is 12.6. The molecule has 1 N–H and O–H groups in total. The second-order valence-corrected chi connectivity index (χ2v) is 5.97. The molecule has 2 aromatic heterocycles. The van der Waals surface area contributed by atoms with Crippen LogP contribution in [-0.4, -0.2) is 34.3 Å². The van der Waals surface area contributed by atoms with Crippen LogP contribution in [-0.2, 0) is 11.3 Å². The van der Waals surface area contributed by atoms with E-state index < -0.39 is 0 Å². The van der Waals surface area contributed by atoms with Crippen molar-refractivity contribution in [2.75, 3.05) is 6.54 Å². The number of hydrogen-bond acceptors (Lipinski definition) is 4. The highest BCUT2D eigenvalue weighted by Crippen LogP contribution is 2.29. The van der Waals surface area contributed by atoms with E-state index in [1.165, 1.54) is 6.26 Å². The summed E-state index contributed by atoms with van der Waals surface area (Å²) < 4.78 is 5.22. The molecule has 1 fully saturated rings. The first-order chi connectivity index (χ1) is 11.6. The average Bonchev–Trinajstić information content (AvgIpc) is 3.34. The Hall–Kier alpha value is -2.63. The van der Waals surface area contributed by atoms with E-state index in [-0.39, 0.29) is 24.3 Å². The molecule has 0 radical (unpaired) electrons. The number of carbonyl (C=O) groups excluding carboxylic acids is 2. The van der Waals surface area contributed by atoms with Gasteiger partial charge in [0.25, 0.3) is 5.91 Å². The summed E-state index contributed by atoms with van der Waals surface area (Å²) in [5.74, 6) is 0.481. The topological polar surface area (TPSA) is 75.4 Å². The van der Waals surface area contributed by atoms with Crippen molar-refractivity contribution in [1.82, 2.24) is 15.2 Å². The van der Waals surface area contributed by atoms with Gasteiger partial charge in [-0.05, 0) is 38.0 Å². The van der Waals surface area contributed by atoms with Gasteiger partial charge in [-0.15, -0.1) is 0 Å². The summed E-state index contributed by atoms with van der Waals surface area (Å²) in [6.45, 7) is 2.60. The predicted octanol–water partition coefficient (Wildman–Crippen LogP) is 2.29. The molecule has 6 nitrogen and oxygen atoms in total. The minimum absolute atomic E-state index is 0.0544. The Morgan fingerprint density at radius 1 is 1.33 bits per heavy atom. The van der Waals surface area contributed by atoms with Crippen LogP contribution in [0.15, 0.2) is 41.1 Å². The van der Waals surface area contributed by atoms with Crippen LogP contribution >= 0.6 is 0 Å². The monoisotopic (exact) mass is 327 g/mol. The molecule has 6 heteroatoms. The maximum Gasteiger partial charge on any atom is 0.257 e. The number of hydrogen-bond donors (Lipinski definition) is 1. The van der Waals surface area contributed by atoms with Crippen molar-refractivity contribution < 1.29 is 14.0 Å².